The summed E-state index contributed by atoms with van der Waals surface area (Å²) in [5, 5.41) is 1.10. The van der Waals surface area contributed by atoms with Crippen LogP contribution in [-0.4, -0.2) is 12.0 Å². The molecule has 0 aromatic heterocycles. The third-order valence-corrected chi connectivity index (χ3v) is 4.16. The van der Waals surface area contributed by atoms with Crippen molar-refractivity contribution >= 4 is 40.7 Å². The number of ketones is 1. The van der Waals surface area contributed by atoms with Crippen molar-refractivity contribution in [1.82, 2.24) is 0 Å². The summed E-state index contributed by atoms with van der Waals surface area (Å²) in [4.78, 5) is 13.3. The Labute approximate surface area is 126 Å². The van der Waals surface area contributed by atoms with Gasteiger partial charge < -0.3 is 0 Å². The Bertz CT molecular complexity index is 611. The van der Waals surface area contributed by atoms with Crippen molar-refractivity contribution < 1.29 is 4.79 Å². The highest BCUT2D eigenvalue weighted by molar-refractivity contribution is 7.98. The fourth-order valence-electron chi connectivity index (χ4n) is 1.81. The molecule has 0 heterocycles. The SMILES string of the molecule is CSc1ccccc1C(=O)Cc1ccc(Cl)cc1Cl. The maximum Gasteiger partial charge on any atom is 0.168 e. The van der Waals surface area contributed by atoms with Gasteiger partial charge >= 0.3 is 0 Å². The molecule has 0 aliphatic rings. The molecule has 0 aliphatic carbocycles. The number of hydrogen-bond donors (Lipinski definition) is 0. The summed E-state index contributed by atoms with van der Waals surface area (Å²) in [6.07, 6.45) is 2.24. The highest BCUT2D eigenvalue weighted by atomic mass is 35.5. The van der Waals surface area contributed by atoms with Gasteiger partial charge in [0.2, 0.25) is 0 Å². The summed E-state index contributed by atoms with van der Waals surface area (Å²) < 4.78 is 0. The molecule has 1 nitrogen and oxygen atoms in total. The first-order valence-electron chi connectivity index (χ1n) is 5.72. The molecule has 0 spiro atoms. The van der Waals surface area contributed by atoms with Crippen molar-refractivity contribution in [2.24, 2.45) is 0 Å². The summed E-state index contributed by atoms with van der Waals surface area (Å²) in [6, 6.07) is 12.8. The highest BCUT2D eigenvalue weighted by Crippen LogP contribution is 2.25. The number of halogens is 2. The first kappa shape index (κ1) is 14.4. The van der Waals surface area contributed by atoms with Crippen molar-refractivity contribution in [2.75, 3.05) is 6.26 Å². The van der Waals surface area contributed by atoms with Crippen molar-refractivity contribution in [1.29, 1.82) is 0 Å². The zero-order valence-electron chi connectivity index (χ0n) is 10.3. The standard InChI is InChI=1S/C15H12Cl2OS/c1-19-15-5-3-2-4-12(15)14(18)8-10-6-7-11(16)9-13(10)17/h2-7,9H,8H2,1H3. The van der Waals surface area contributed by atoms with Gasteiger partial charge in [0.15, 0.2) is 5.78 Å². The topological polar surface area (TPSA) is 17.1 Å². The van der Waals surface area contributed by atoms with E-state index in [0.29, 0.717) is 10.0 Å². The van der Waals surface area contributed by atoms with E-state index in [4.69, 9.17) is 23.2 Å². The first-order valence-corrected chi connectivity index (χ1v) is 7.70. The number of rotatable bonds is 4. The Morgan fingerprint density at radius 3 is 2.58 bits per heavy atom. The Balaban J connectivity index is 2.26. The molecule has 0 unspecified atom stereocenters. The molecule has 0 fully saturated rings. The van der Waals surface area contributed by atoms with Gasteiger partial charge in [-0.2, -0.15) is 0 Å². The molecule has 98 valence electrons. The van der Waals surface area contributed by atoms with E-state index in [0.717, 1.165) is 16.0 Å². The number of carbonyl (C=O) groups excluding carboxylic acids is 1. The molecule has 0 bridgehead atoms. The lowest BCUT2D eigenvalue weighted by Gasteiger charge is -2.07. The molecule has 2 rings (SSSR count). The van der Waals surface area contributed by atoms with Crippen LogP contribution >= 0.6 is 35.0 Å². The van der Waals surface area contributed by atoms with Crippen LogP contribution in [0.1, 0.15) is 15.9 Å². The van der Waals surface area contributed by atoms with E-state index in [9.17, 15) is 4.79 Å². The van der Waals surface area contributed by atoms with Gasteiger partial charge in [-0.1, -0.05) is 47.5 Å². The lowest BCUT2D eigenvalue weighted by atomic mass is 10.0. The third kappa shape index (κ3) is 3.53. The van der Waals surface area contributed by atoms with Crippen LogP contribution in [0.4, 0.5) is 0 Å². The molecular weight excluding hydrogens is 299 g/mol. The average molecular weight is 311 g/mol. The van der Waals surface area contributed by atoms with Crippen molar-refractivity contribution in [3.63, 3.8) is 0 Å². The fraction of sp³-hybridized carbons (Fsp3) is 0.133. The third-order valence-electron chi connectivity index (χ3n) is 2.77. The van der Waals surface area contributed by atoms with Crippen molar-refractivity contribution in [3.8, 4) is 0 Å². The number of hydrogen-bond acceptors (Lipinski definition) is 2. The van der Waals surface area contributed by atoms with Crippen LogP contribution in [0.5, 0.6) is 0 Å². The smallest absolute Gasteiger partial charge is 0.168 e. The van der Waals surface area contributed by atoms with Crippen LogP contribution in [0.2, 0.25) is 10.0 Å². The monoisotopic (exact) mass is 310 g/mol. The van der Waals surface area contributed by atoms with E-state index in [1.54, 1.807) is 30.0 Å². The number of benzene rings is 2. The predicted octanol–water partition coefficient (Wildman–Crippen LogP) is 5.14. The minimum absolute atomic E-state index is 0.0640. The number of carbonyl (C=O) groups is 1. The molecule has 2 aromatic carbocycles. The Hall–Kier alpha value is -0.960. The van der Waals surface area contributed by atoms with Crippen LogP contribution in [0.3, 0.4) is 0 Å². The molecule has 2 aromatic rings. The van der Waals surface area contributed by atoms with E-state index in [1.807, 2.05) is 30.5 Å². The summed E-state index contributed by atoms with van der Waals surface area (Å²) in [6.45, 7) is 0. The number of thioether (sulfide) groups is 1. The number of Topliss-reactive ketones (excluding diaryl/α,β-unsaturated/α-hetero) is 1. The summed E-state index contributed by atoms with van der Waals surface area (Å²) >= 11 is 13.5. The van der Waals surface area contributed by atoms with E-state index in [-0.39, 0.29) is 12.2 Å². The van der Waals surface area contributed by atoms with Gasteiger partial charge in [0.1, 0.15) is 0 Å². The van der Waals surface area contributed by atoms with E-state index in [2.05, 4.69) is 0 Å². The zero-order valence-corrected chi connectivity index (χ0v) is 12.6. The minimum atomic E-state index is 0.0640. The second kappa shape index (κ2) is 6.47. The summed E-state index contributed by atoms with van der Waals surface area (Å²) in [5.41, 5.74) is 1.54. The van der Waals surface area contributed by atoms with Gasteiger partial charge in [-0.05, 0) is 30.0 Å². The molecular formula is C15H12Cl2OS. The molecule has 0 saturated carbocycles. The fourth-order valence-corrected chi connectivity index (χ4v) is 2.90. The molecule has 0 aliphatic heterocycles. The Morgan fingerprint density at radius 2 is 1.89 bits per heavy atom. The maximum atomic E-state index is 12.3. The Morgan fingerprint density at radius 1 is 1.16 bits per heavy atom. The quantitative estimate of drug-likeness (QED) is 0.574. The normalized spacial score (nSPS) is 10.5. The average Bonchev–Trinajstić information content (AvgIpc) is 2.41. The highest BCUT2D eigenvalue weighted by Gasteiger charge is 2.13. The van der Waals surface area contributed by atoms with Crippen LogP contribution in [0.15, 0.2) is 47.4 Å². The zero-order chi connectivity index (χ0) is 13.8. The van der Waals surface area contributed by atoms with Crippen LogP contribution < -0.4 is 0 Å². The van der Waals surface area contributed by atoms with Crippen molar-refractivity contribution in [2.45, 2.75) is 11.3 Å². The van der Waals surface area contributed by atoms with E-state index >= 15 is 0 Å². The molecule has 4 heteroatoms. The van der Waals surface area contributed by atoms with Gasteiger partial charge in [0, 0.05) is 26.9 Å². The maximum absolute atomic E-state index is 12.3. The Kier molecular flexibility index (Phi) is 4.92. The lowest BCUT2D eigenvalue weighted by molar-refractivity contribution is 0.0990. The molecule has 0 amide bonds. The van der Waals surface area contributed by atoms with Crippen molar-refractivity contribution in [3.05, 3.63) is 63.6 Å². The largest absolute Gasteiger partial charge is 0.294 e. The molecule has 0 radical (unpaired) electrons. The van der Waals surface area contributed by atoms with E-state index < -0.39 is 0 Å². The van der Waals surface area contributed by atoms with Crippen LogP contribution in [0.25, 0.3) is 0 Å². The van der Waals surface area contributed by atoms with Crippen LogP contribution in [-0.2, 0) is 6.42 Å². The second-order valence-electron chi connectivity index (χ2n) is 4.04. The lowest BCUT2D eigenvalue weighted by Crippen LogP contribution is -2.05. The van der Waals surface area contributed by atoms with Gasteiger partial charge in [-0.15, -0.1) is 11.8 Å². The van der Waals surface area contributed by atoms with Gasteiger partial charge in [-0.25, -0.2) is 0 Å². The van der Waals surface area contributed by atoms with Gasteiger partial charge in [-0.3, -0.25) is 4.79 Å². The molecule has 0 N–H and O–H groups in total. The second-order valence-corrected chi connectivity index (χ2v) is 5.73. The predicted molar refractivity (Wildman–Crippen MR) is 82.7 cm³/mol. The van der Waals surface area contributed by atoms with Gasteiger partial charge in [0.05, 0.1) is 0 Å². The van der Waals surface area contributed by atoms with Gasteiger partial charge in [0.25, 0.3) is 0 Å². The molecule has 19 heavy (non-hydrogen) atoms. The summed E-state index contributed by atoms with van der Waals surface area (Å²) in [7, 11) is 0. The molecule has 0 saturated heterocycles. The first-order chi connectivity index (χ1) is 9.11. The summed E-state index contributed by atoms with van der Waals surface area (Å²) in [5.74, 6) is 0.0640. The molecule has 0 atom stereocenters. The van der Waals surface area contributed by atoms with Crippen LogP contribution in [0, 0.1) is 0 Å². The minimum Gasteiger partial charge on any atom is -0.294 e. The van der Waals surface area contributed by atoms with E-state index in [1.165, 1.54) is 0 Å².